The van der Waals surface area contributed by atoms with Crippen LogP contribution in [0.2, 0.25) is 0 Å². The molecule has 4 N–H and O–H groups in total. The van der Waals surface area contributed by atoms with Gasteiger partial charge in [-0.05, 0) is 23.6 Å². The van der Waals surface area contributed by atoms with Crippen molar-refractivity contribution < 1.29 is 0 Å². The summed E-state index contributed by atoms with van der Waals surface area (Å²) >= 11 is 0. The molecular weight excluding hydrogens is 208 g/mol. The summed E-state index contributed by atoms with van der Waals surface area (Å²) in [5.74, 6) is 0. The Bertz CT molecular complexity index is 471. The Labute approximate surface area is 102 Å². The molecule has 0 radical (unpaired) electrons. The van der Waals surface area contributed by atoms with Crippen molar-refractivity contribution in [3.63, 3.8) is 0 Å². The third-order valence-corrected chi connectivity index (χ3v) is 2.98. The van der Waals surface area contributed by atoms with E-state index in [9.17, 15) is 0 Å². The molecule has 0 aliphatic carbocycles. The van der Waals surface area contributed by atoms with E-state index in [0.717, 1.165) is 5.56 Å². The number of rotatable bonds is 3. The van der Waals surface area contributed by atoms with Gasteiger partial charge in [-0.3, -0.25) is 0 Å². The van der Waals surface area contributed by atoms with Crippen molar-refractivity contribution in [1.29, 1.82) is 0 Å². The predicted molar refractivity (Wildman–Crippen MR) is 72.6 cm³/mol. The molecule has 2 nitrogen and oxygen atoms in total. The summed E-state index contributed by atoms with van der Waals surface area (Å²) in [6.45, 7) is 2.57. The number of aryl methyl sites for hydroxylation is 1. The minimum absolute atomic E-state index is 0.0675. The van der Waals surface area contributed by atoms with Gasteiger partial charge in [0, 0.05) is 12.6 Å². The van der Waals surface area contributed by atoms with Crippen molar-refractivity contribution in [3.05, 3.63) is 59.7 Å². The van der Waals surface area contributed by atoms with Crippen molar-refractivity contribution in [2.75, 3.05) is 6.54 Å². The second-order valence-electron chi connectivity index (χ2n) is 4.33. The lowest BCUT2D eigenvalue weighted by Gasteiger charge is -2.10. The summed E-state index contributed by atoms with van der Waals surface area (Å²) in [4.78, 5) is 0. The average Bonchev–Trinajstić information content (AvgIpc) is 2.39. The van der Waals surface area contributed by atoms with Crippen molar-refractivity contribution in [2.24, 2.45) is 11.5 Å². The molecule has 0 amide bonds. The van der Waals surface area contributed by atoms with Crippen molar-refractivity contribution in [3.8, 4) is 11.1 Å². The number of nitrogens with two attached hydrogens (primary N) is 2. The smallest absolute Gasteiger partial charge is 0.0419 e. The Balaban J connectivity index is 2.26. The highest BCUT2D eigenvalue weighted by molar-refractivity contribution is 5.64. The molecule has 0 aliphatic heterocycles. The van der Waals surface area contributed by atoms with E-state index in [2.05, 4.69) is 43.3 Å². The van der Waals surface area contributed by atoms with Crippen LogP contribution < -0.4 is 11.5 Å². The molecule has 0 unspecified atom stereocenters. The maximum Gasteiger partial charge on any atom is 0.0419 e. The van der Waals surface area contributed by atoms with Gasteiger partial charge in [-0.15, -0.1) is 0 Å². The van der Waals surface area contributed by atoms with Crippen LogP contribution >= 0.6 is 0 Å². The molecule has 2 rings (SSSR count). The highest BCUT2D eigenvalue weighted by atomic mass is 14.7. The van der Waals surface area contributed by atoms with Crippen molar-refractivity contribution in [1.82, 2.24) is 0 Å². The normalized spacial score (nSPS) is 12.4. The first-order valence-corrected chi connectivity index (χ1v) is 5.83. The minimum atomic E-state index is -0.0675. The molecule has 2 aromatic rings. The van der Waals surface area contributed by atoms with Crippen LogP contribution in [0.4, 0.5) is 0 Å². The van der Waals surface area contributed by atoms with E-state index in [1.165, 1.54) is 16.7 Å². The first-order chi connectivity index (χ1) is 8.20. The first-order valence-electron chi connectivity index (χ1n) is 5.83. The van der Waals surface area contributed by atoms with Gasteiger partial charge in [-0.25, -0.2) is 0 Å². The molecule has 0 bridgehead atoms. The van der Waals surface area contributed by atoms with Gasteiger partial charge in [-0.1, -0.05) is 54.1 Å². The largest absolute Gasteiger partial charge is 0.329 e. The van der Waals surface area contributed by atoms with Crippen LogP contribution in [0.25, 0.3) is 11.1 Å². The Kier molecular flexibility index (Phi) is 3.57. The van der Waals surface area contributed by atoms with E-state index < -0.39 is 0 Å². The third-order valence-electron chi connectivity index (χ3n) is 2.98. The number of hydrogen-bond acceptors (Lipinski definition) is 2. The summed E-state index contributed by atoms with van der Waals surface area (Å²) in [5.41, 5.74) is 16.2. The van der Waals surface area contributed by atoms with Crippen LogP contribution in [-0.4, -0.2) is 6.54 Å². The van der Waals surface area contributed by atoms with Gasteiger partial charge in [0.05, 0.1) is 0 Å². The van der Waals surface area contributed by atoms with E-state index in [0.29, 0.717) is 6.54 Å². The average molecular weight is 226 g/mol. The summed E-state index contributed by atoms with van der Waals surface area (Å²) in [6.07, 6.45) is 0. The molecule has 2 aromatic carbocycles. The summed E-state index contributed by atoms with van der Waals surface area (Å²) in [5, 5.41) is 0. The number of benzene rings is 2. The molecule has 2 heteroatoms. The van der Waals surface area contributed by atoms with Crippen molar-refractivity contribution in [2.45, 2.75) is 13.0 Å². The zero-order chi connectivity index (χ0) is 12.3. The minimum Gasteiger partial charge on any atom is -0.329 e. The van der Waals surface area contributed by atoms with Crippen LogP contribution in [0.5, 0.6) is 0 Å². The molecule has 1 atom stereocenters. The van der Waals surface area contributed by atoms with E-state index in [4.69, 9.17) is 11.5 Å². The SMILES string of the molecule is Cc1ccc(-c2ccc([C@@H](N)CN)cc2)cc1. The molecule has 0 aromatic heterocycles. The molecule has 0 spiro atoms. The Hall–Kier alpha value is -1.64. The Morgan fingerprint density at radius 1 is 0.882 bits per heavy atom. The zero-order valence-electron chi connectivity index (χ0n) is 10.1. The maximum atomic E-state index is 5.88. The third kappa shape index (κ3) is 2.73. The summed E-state index contributed by atoms with van der Waals surface area (Å²) < 4.78 is 0. The van der Waals surface area contributed by atoms with E-state index in [1.54, 1.807) is 0 Å². The van der Waals surface area contributed by atoms with Gasteiger partial charge in [0.1, 0.15) is 0 Å². The van der Waals surface area contributed by atoms with Crippen LogP contribution in [0.3, 0.4) is 0 Å². The van der Waals surface area contributed by atoms with Crippen LogP contribution in [0.15, 0.2) is 48.5 Å². The standard InChI is InChI=1S/C15H18N2/c1-11-2-4-12(5-3-11)13-6-8-14(9-7-13)15(17)10-16/h2-9,15H,10,16-17H2,1H3/t15-/m0/s1. The molecule has 0 aliphatic rings. The van der Waals surface area contributed by atoms with E-state index in [1.807, 2.05) is 12.1 Å². The number of hydrogen-bond donors (Lipinski definition) is 2. The first kappa shape index (κ1) is 11.8. The molecule has 88 valence electrons. The van der Waals surface area contributed by atoms with Crippen LogP contribution in [0, 0.1) is 6.92 Å². The highest BCUT2D eigenvalue weighted by Crippen LogP contribution is 2.21. The Morgan fingerprint density at radius 3 is 1.82 bits per heavy atom. The summed E-state index contributed by atoms with van der Waals surface area (Å²) in [7, 11) is 0. The molecular formula is C15H18N2. The quantitative estimate of drug-likeness (QED) is 0.845. The highest BCUT2D eigenvalue weighted by Gasteiger charge is 2.03. The zero-order valence-corrected chi connectivity index (χ0v) is 10.1. The van der Waals surface area contributed by atoms with E-state index >= 15 is 0 Å². The lowest BCUT2D eigenvalue weighted by Crippen LogP contribution is -2.20. The van der Waals surface area contributed by atoms with Crippen LogP contribution in [-0.2, 0) is 0 Å². The van der Waals surface area contributed by atoms with Gasteiger partial charge in [-0.2, -0.15) is 0 Å². The molecule has 17 heavy (non-hydrogen) atoms. The lowest BCUT2D eigenvalue weighted by atomic mass is 10.0. The van der Waals surface area contributed by atoms with Gasteiger partial charge in [0.25, 0.3) is 0 Å². The second-order valence-corrected chi connectivity index (χ2v) is 4.33. The van der Waals surface area contributed by atoms with Crippen LogP contribution in [0.1, 0.15) is 17.2 Å². The fraction of sp³-hybridized carbons (Fsp3) is 0.200. The monoisotopic (exact) mass is 226 g/mol. The van der Waals surface area contributed by atoms with Gasteiger partial charge < -0.3 is 11.5 Å². The fourth-order valence-electron chi connectivity index (χ4n) is 1.80. The summed E-state index contributed by atoms with van der Waals surface area (Å²) in [6, 6.07) is 16.7. The van der Waals surface area contributed by atoms with Gasteiger partial charge in [0.15, 0.2) is 0 Å². The predicted octanol–water partition coefficient (Wildman–Crippen LogP) is 2.62. The molecule has 0 fully saturated rings. The lowest BCUT2D eigenvalue weighted by molar-refractivity contribution is 0.737. The second kappa shape index (κ2) is 5.13. The van der Waals surface area contributed by atoms with Crippen molar-refractivity contribution >= 4 is 0 Å². The molecule has 0 saturated heterocycles. The fourth-order valence-corrected chi connectivity index (χ4v) is 1.80. The molecule has 0 saturated carbocycles. The van der Waals surface area contributed by atoms with Gasteiger partial charge >= 0.3 is 0 Å². The topological polar surface area (TPSA) is 52.0 Å². The maximum absolute atomic E-state index is 5.88. The Morgan fingerprint density at radius 2 is 1.35 bits per heavy atom. The van der Waals surface area contributed by atoms with Gasteiger partial charge in [0.2, 0.25) is 0 Å². The molecule has 0 heterocycles. The van der Waals surface area contributed by atoms with E-state index in [-0.39, 0.29) is 6.04 Å².